The molecule has 1 atom stereocenters. The Balaban J connectivity index is 2.13. The van der Waals surface area contributed by atoms with Crippen molar-refractivity contribution in [1.29, 1.82) is 0 Å². The Morgan fingerprint density at radius 2 is 1.82 bits per heavy atom. The monoisotopic (exact) mass is 296 g/mol. The summed E-state index contributed by atoms with van der Waals surface area (Å²) in [5.41, 5.74) is 1.66. The Hall–Kier alpha value is -2.20. The first-order valence-corrected chi connectivity index (χ1v) is 7.60. The summed E-state index contributed by atoms with van der Waals surface area (Å²) in [6, 6.07) is 12.1. The van der Waals surface area contributed by atoms with Crippen LogP contribution in [0.4, 0.5) is 0 Å². The standard InChI is InChI=1S/C18H20N2O2/c1-19-15-8-7-14-9-12-5-3-4-6-13(12)10-16(14)18(22)20(2)17(21)11-15/h3-6,9-10,15,19H,7-8,11H2,1-2H3/t15-/m1/s1. The zero-order valence-corrected chi connectivity index (χ0v) is 12.9. The third-order valence-electron chi connectivity index (χ3n) is 4.47. The van der Waals surface area contributed by atoms with Gasteiger partial charge in [0.25, 0.3) is 5.91 Å². The number of rotatable bonds is 1. The van der Waals surface area contributed by atoms with Crippen molar-refractivity contribution in [2.75, 3.05) is 14.1 Å². The maximum atomic E-state index is 12.7. The molecule has 0 bridgehead atoms. The van der Waals surface area contributed by atoms with Gasteiger partial charge in [-0.2, -0.15) is 0 Å². The zero-order valence-electron chi connectivity index (χ0n) is 12.9. The molecule has 2 amide bonds. The predicted octanol–water partition coefficient (Wildman–Crippen LogP) is 2.36. The smallest absolute Gasteiger partial charge is 0.260 e. The average molecular weight is 296 g/mol. The molecule has 0 aliphatic carbocycles. The van der Waals surface area contributed by atoms with Crippen LogP contribution in [0.1, 0.15) is 28.8 Å². The van der Waals surface area contributed by atoms with Crippen LogP contribution in [0.3, 0.4) is 0 Å². The molecule has 22 heavy (non-hydrogen) atoms. The topological polar surface area (TPSA) is 49.4 Å². The van der Waals surface area contributed by atoms with Crippen LogP contribution in [-0.4, -0.2) is 36.9 Å². The maximum absolute atomic E-state index is 12.7. The molecule has 1 heterocycles. The lowest BCUT2D eigenvalue weighted by atomic mass is 9.96. The van der Waals surface area contributed by atoms with E-state index in [9.17, 15) is 9.59 Å². The summed E-state index contributed by atoms with van der Waals surface area (Å²) in [4.78, 5) is 26.2. The molecule has 0 saturated carbocycles. The van der Waals surface area contributed by atoms with E-state index in [1.807, 2.05) is 31.3 Å². The molecular formula is C18H20N2O2. The number of aryl methyl sites for hydroxylation is 1. The molecule has 3 rings (SSSR count). The van der Waals surface area contributed by atoms with Gasteiger partial charge in [-0.3, -0.25) is 14.5 Å². The maximum Gasteiger partial charge on any atom is 0.260 e. The van der Waals surface area contributed by atoms with Crippen LogP contribution in [-0.2, 0) is 11.2 Å². The first-order chi connectivity index (χ1) is 10.6. The molecule has 0 aromatic heterocycles. The van der Waals surface area contributed by atoms with Crippen LogP contribution in [0.2, 0.25) is 0 Å². The van der Waals surface area contributed by atoms with E-state index in [-0.39, 0.29) is 17.9 Å². The fourth-order valence-corrected chi connectivity index (χ4v) is 3.01. The quantitative estimate of drug-likeness (QED) is 0.822. The summed E-state index contributed by atoms with van der Waals surface area (Å²) in [6.07, 6.45) is 1.99. The van der Waals surface area contributed by atoms with Crippen LogP contribution in [0.5, 0.6) is 0 Å². The first-order valence-electron chi connectivity index (χ1n) is 7.60. The normalized spacial score (nSPS) is 19.5. The Labute approximate surface area is 130 Å². The van der Waals surface area contributed by atoms with Crippen molar-refractivity contribution < 1.29 is 9.59 Å². The van der Waals surface area contributed by atoms with Gasteiger partial charge in [-0.05, 0) is 42.3 Å². The van der Waals surface area contributed by atoms with E-state index in [0.717, 1.165) is 29.2 Å². The molecule has 0 unspecified atom stereocenters. The molecule has 0 spiro atoms. The summed E-state index contributed by atoms with van der Waals surface area (Å²) >= 11 is 0. The molecule has 1 aliphatic rings. The zero-order chi connectivity index (χ0) is 15.7. The van der Waals surface area contributed by atoms with Crippen molar-refractivity contribution in [3.05, 3.63) is 47.5 Å². The molecule has 4 heteroatoms. The van der Waals surface area contributed by atoms with E-state index in [0.29, 0.717) is 12.0 Å². The molecule has 2 aromatic rings. The number of carbonyl (C=O) groups is 2. The highest BCUT2D eigenvalue weighted by atomic mass is 16.2. The highest BCUT2D eigenvalue weighted by Gasteiger charge is 2.26. The van der Waals surface area contributed by atoms with Crippen LogP contribution in [0.25, 0.3) is 10.8 Å². The first kappa shape index (κ1) is 14.7. The number of amides is 2. The van der Waals surface area contributed by atoms with Crippen LogP contribution in [0.15, 0.2) is 36.4 Å². The van der Waals surface area contributed by atoms with Crippen molar-refractivity contribution in [3.63, 3.8) is 0 Å². The lowest BCUT2D eigenvalue weighted by molar-refractivity contribution is -0.128. The van der Waals surface area contributed by atoms with E-state index < -0.39 is 0 Å². The summed E-state index contributed by atoms with van der Waals surface area (Å²) < 4.78 is 0. The minimum absolute atomic E-state index is 0.0974. The second-order valence-electron chi connectivity index (χ2n) is 5.84. The van der Waals surface area contributed by atoms with Gasteiger partial charge in [0, 0.05) is 25.1 Å². The molecule has 0 saturated heterocycles. The van der Waals surface area contributed by atoms with Gasteiger partial charge in [-0.1, -0.05) is 30.3 Å². The molecular weight excluding hydrogens is 276 g/mol. The minimum atomic E-state index is -0.206. The SMILES string of the molecule is CN[C@@H]1CCc2cc3ccccc3cc2C(=O)N(C)C(=O)C1. The number of benzene rings is 2. The molecule has 0 radical (unpaired) electrons. The Morgan fingerprint density at radius 3 is 2.50 bits per heavy atom. The third kappa shape index (κ3) is 2.62. The Morgan fingerprint density at radius 1 is 1.14 bits per heavy atom. The van der Waals surface area contributed by atoms with Crippen LogP contribution in [0, 0.1) is 0 Å². The van der Waals surface area contributed by atoms with E-state index in [2.05, 4.69) is 17.4 Å². The van der Waals surface area contributed by atoms with Crippen LogP contribution < -0.4 is 5.32 Å². The van der Waals surface area contributed by atoms with Gasteiger partial charge >= 0.3 is 0 Å². The van der Waals surface area contributed by atoms with Gasteiger partial charge in [-0.15, -0.1) is 0 Å². The second kappa shape index (κ2) is 5.89. The minimum Gasteiger partial charge on any atom is -0.316 e. The van der Waals surface area contributed by atoms with Crippen molar-refractivity contribution in [2.45, 2.75) is 25.3 Å². The Kier molecular flexibility index (Phi) is 3.94. The molecule has 1 N–H and O–H groups in total. The average Bonchev–Trinajstić information content (AvgIpc) is 2.59. The number of nitrogens with zero attached hydrogens (tertiary/aromatic N) is 1. The number of imide groups is 1. The van der Waals surface area contributed by atoms with Crippen molar-refractivity contribution in [3.8, 4) is 0 Å². The van der Waals surface area contributed by atoms with E-state index in [1.165, 1.54) is 4.90 Å². The highest BCUT2D eigenvalue weighted by Crippen LogP contribution is 2.24. The predicted molar refractivity (Wildman–Crippen MR) is 86.8 cm³/mol. The number of fused-ring (bicyclic) bond motifs is 2. The summed E-state index contributed by atoms with van der Waals surface area (Å²) in [6.45, 7) is 0. The van der Waals surface area contributed by atoms with Crippen LogP contribution >= 0.6 is 0 Å². The fourth-order valence-electron chi connectivity index (χ4n) is 3.01. The van der Waals surface area contributed by atoms with E-state index in [4.69, 9.17) is 0 Å². The molecule has 4 nitrogen and oxygen atoms in total. The number of hydrogen-bond donors (Lipinski definition) is 1. The van der Waals surface area contributed by atoms with Crippen molar-refractivity contribution in [1.82, 2.24) is 10.2 Å². The van der Waals surface area contributed by atoms with E-state index in [1.54, 1.807) is 7.05 Å². The number of carbonyl (C=O) groups excluding carboxylic acids is 2. The third-order valence-corrected chi connectivity index (χ3v) is 4.47. The van der Waals surface area contributed by atoms with Gasteiger partial charge in [0.1, 0.15) is 0 Å². The molecule has 1 aliphatic heterocycles. The Bertz CT molecular complexity index is 739. The second-order valence-corrected chi connectivity index (χ2v) is 5.84. The molecule has 2 aromatic carbocycles. The lowest BCUT2D eigenvalue weighted by Gasteiger charge is -2.18. The number of hydrogen-bond acceptors (Lipinski definition) is 3. The summed E-state index contributed by atoms with van der Waals surface area (Å²) in [7, 11) is 3.43. The lowest BCUT2D eigenvalue weighted by Crippen LogP contribution is -2.37. The van der Waals surface area contributed by atoms with Gasteiger partial charge in [0.2, 0.25) is 5.91 Å². The summed E-state index contributed by atoms with van der Waals surface area (Å²) in [5.74, 6) is -0.340. The number of nitrogens with one attached hydrogen (secondary N) is 1. The fraction of sp³-hybridized carbons (Fsp3) is 0.333. The summed E-state index contributed by atoms with van der Waals surface area (Å²) in [5, 5.41) is 5.33. The molecule has 114 valence electrons. The highest BCUT2D eigenvalue weighted by molar-refractivity contribution is 6.07. The van der Waals surface area contributed by atoms with Crippen molar-refractivity contribution in [2.24, 2.45) is 0 Å². The van der Waals surface area contributed by atoms with Gasteiger partial charge < -0.3 is 5.32 Å². The van der Waals surface area contributed by atoms with Crippen molar-refractivity contribution >= 4 is 22.6 Å². The molecule has 0 fully saturated rings. The van der Waals surface area contributed by atoms with Gasteiger partial charge in [0.15, 0.2) is 0 Å². The largest absolute Gasteiger partial charge is 0.316 e. The van der Waals surface area contributed by atoms with E-state index >= 15 is 0 Å². The van der Waals surface area contributed by atoms with Gasteiger partial charge in [-0.25, -0.2) is 0 Å². The van der Waals surface area contributed by atoms with Gasteiger partial charge in [0.05, 0.1) is 0 Å².